The van der Waals surface area contributed by atoms with Crippen LogP contribution in [-0.2, 0) is 0 Å². The fourth-order valence-corrected chi connectivity index (χ4v) is 2.64. The predicted molar refractivity (Wildman–Crippen MR) is 97.3 cm³/mol. The molecule has 0 aliphatic rings. The highest BCUT2D eigenvalue weighted by molar-refractivity contribution is 5.79. The van der Waals surface area contributed by atoms with Gasteiger partial charge in [0.05, 0.1) is 20.5 Å². The van der Waals surface area contributed by atoms with Gasteiger partial charge in [0.1, 0.15) is 6.10 Å². The Kier molecular flexibility index (Phi) is 5.16. The maximum absolute atomic E-state index is 11.0. The molecule has 25 heavy (non-hydrogen) atoms. The molecule has 5 heteroatoms. The molecule has 0 fully saturated rings. The third-order valence-corrected chi connectivity index (χ3v) is 3.94. The third kappa shape index (κ3) is 3.72. The number of nitrogens with zero attached hydrogens (tertiary/aromatic N) is 2. The molecule has 3 rings (SSSR count). The molecular formula is C20H20N2O3. The summed E-state index contributed by atoms with van der Waals surface area (Å²) in [6.45, 7) is 0. The highest BCUT2D eigenvalue weighted by atomic mass is 16.5. The second-order valence-electron chi connectivity index (χ2n) is 5.48. The standard InChI is InChI=1S/C20H20N2O3/c1-24-18-9-8-16(12-19(18)25-2)20(23)17(13-22-11-10-21-14-22)15-6-4-3-5-7-15/h3-14,20,23H,1-2H3/b17-13-/t20-/m1/s1. The Bertz CT molecular complexity index is 843. The van der Waals surface area contributed by atoms with Crippen LogP contribution in [0.2, 0.25) is 0 Å². The van der Waals surface area contributed by atoms with E-state index < -0.39 is 6.10 Å². The minimum atomic E-state index is -0.829. The Balaban J connectivity index is 2.04. The molecule has 1 N–H and O–H groups in total. The van der Waals surface area contributed by atoms with Gasteiger partial charge in [0.25, 0.3) is 0 Å². The van der Waals surface area contributed by atoms with E-state index in [1.165, 1.54) is 0 Å². The molecule has 0 amide bonds. The van der Waals surface area contributed by atoms with Crippen LogP contribution in [0.5, 0.6) is 11.5 Å². The van der Waals surface area contributed by atoms with Crippen LogP contribution in [0.3, 0.4) is 0 Å². The molecule has 0 aliphatic heterocycles. The summed E-state index contributed by atoms with van der Waals surface area (Å²) in [4.78, 5) is 4.05. The van der Waals surface area contributed by atoms with E-state index >= 15 is 0 Å². The van der Waals surface area contributed by atoms with Gasteiger partial charge in [0.15, 0.2) is 11.5 Å². The fourth-order valence-electron chi connectivity index (χ4n) is 2.64. The zero-order valence-corrected chi connectivity index (χ0v) is 14.2. The minimum absolute atomic E-state index is 0.578. The molecule has 5 nitrogen and oxygen atoms in total. The predicted octanol–water partition coefficient (Wildman–Crippen LogP) is 3.63. The molecule has 128 valence electrons. The number of aromatic nitrogens is 2. The van der Waals surface area contributed by atoms with Crippen molar-refractivity contribution >= 4 is 11.8 Å². The summed E-state index contributed by atoms with van der Waals surface area (Å²) in [5.41, 5.74) is 2.40. The van der Waals surface area contributed by atoms with Crippen LogP contribution in [0.15, 0.2) is 67.3 Å². The van der Waals surface area contributed by atoms with Crippen LogP contribution in [0.1, 0.15) is 17.2 Å². The number of aliphatic hydroxyl groups excluding tert-OH is 1. The molecule has 2 aromatic carbocycles. The van der Waals surface area contributed by atoms with Crippen molar-refractivity contribution < 1.29 is 14.6 Å². The second-order valence-corrected chi connectivity index (χ2v) is 5.48. The lowest BCUT2D eigenvalue weighted by molar-refractivity contribution is 0.237. The van der Waals surface area contributed by atoms with E-state index in [0.29, 0.717) is 17.1 Å². The van der Waals surface area contributed by atoms with Crippen molar-refractivity contribution in [3.05, 3.63) is 78.4 Å². The summed E-state index contributed by atoms with van der Waals surface area (Å²) in [6.07, 6.45) is 6.24. The molecule has 3 aromatic rings. The maximum Gasteiger partial charge on any atom is 0.161 e. The first-order chi connectivity index (χ1) is 12.2. The Morgan fingerprint density at radius 3 is 2.48 bits per heavy atom. The topological polar surface area (TPSA) is 56.5 Å². The average molecular weight is 336 g/mol. The summed E-state index contributed by atoms with van der Waals surface area (Å²) in [5, 5.41) is 11.0. The van der Waals surface area contributed by atoms with E-state index in [1.54, 1.807) is 38.9 Å². The lowest BCUT2D eigenvalue weighted by Crippen LogP contribution is -2.03. The van der Waals surface area contributed by atoms with Gasteiger partial charge in [-0.05, 0) is 23.3 Å². The number of rotatable bonds is 6. The van der Waals surface area contributed by atoms with Gasteiger partial charge in [0, 0.05) is 24.2 Å². The lowest BCUT2D eigenvalue weighted by atomic mass is 9.95. The normalized spacial score (nSPS) is 12.7. The molecule has 0 spiro atoms. The average Bonchev–Trinajstić information content (AvgIpc) is 3.19. The quantitative estimate of drug-likeness (QED) is 0.747. The van der Waals surface area contributed by atoms with Gasteiger partial charge in [-0.25, -0.2) is 4.98 Å². The Morgan fingerprint density at radius 1 is 1.08 bits per heavy atom. The van der Waals surface area contributed by atoms with Crippen LogP contribution in [0.25, 0.3) is 11.8 Å². The fraction of sp³-hybridized carbons (Fsp3) is 0.150. The molecule has 1 atom stereocenters. The smallest absolute Gasteiger partial charge is 0.161 e. The summed E-state index contributed by atoms with van der Waals surface area (Å²) in [5.74, 6) is 1.20. The molecule has 0 saturated heterocycles. The number of aliphatic hydroxyl groups is 1. The number of imidazole rings is 1. The van der Waals surface area contributed by atoms with Crippen molar-refractivity contribution in [2.45, 2.75) is 6.10 Å². The van der Waals surface area contributed by atoms with Crippen LogP contribution < -0.4 is 9.47 Å². The largest absolute Gasteiger partial charge is 0.493 e. The summed E-state index contributed by atoms with van der Waals surface area (Å²) < 4.78 is 12.4. The molecular weight excluding hydrogens is 316 g/mol. The summed E-state index contributed by atoms with van der Waals surface area (Å²) in [6, 6.07) is 15.2. The molecule has 0 radical (unpaired) electrons. The van der Waals surface area contributed by atoms with Gasteiger partial charge >= 0.3 is 0 Å². The SMILES string of the molecule is COc1ccc([C@@H](O)/C(=C\n2ccnc2)c2ccccc2)cc1OC. The van der Waals surface area contributed by atoms with Gasteiger partial charge in [-0.15, -0.1) is 0 Å². The zero-order chi connectivity index (χ0) is 17.6. The van der Waals surface area contributed by atoms with E-state index in [9.17, 15) is 5.11 Å². The van der Waals surface area contributed by atoms with Crippen LogP contribution in [0.4, 0.5) is 0 Å². The Morgan fingerprint density at radius 2 is 1.84 bits per heavy atom. The first kappa shape index (κ1) is 16.8. The van der Waals surface area contributed by atoms with Gasteiger partial charge in [0.2, 0.25) is 0 Å². The van der Waals surface area contributed by atoms with Crippen molar-refractivity contribution in [1.29, 1.82) is 0 Å². The second kappa shape index (κ2) is 7.68. The number of hydrogen-bond donors (Lipinski definition) is 1. The molecule has 0 aliphatic carbocycles. The number of methoxy groups -OCH3 is 2. The van der Waals surface area contributed by atoms with Gasteiger partial charge in [-0.3, -0.25) is 0 Å². The van der Waals surface area contributed by atoms with Gasteiger partial charge in [-0.1, -0.05) is 36.4 Å². The molecule has 0 saturated carbocycles. The zero-order valence-electron chi connectivity index (χ0n) is 14.2. The van der Waals surface area contributed by atoms with Crippen molar-refractivity contribution in [3.63, 3.8) is 0 Å². The monoisotopic (exact) mass is 336 g/mol. The summed E-state index contributed by atoms with van der Waals surface area (Å²) in [7, 11) is 3.16. The Hall–Kier alpha value is -3.05. The number of benzene rings is 2. The lowest BCUT2D eigenvalue weighted by Gasteiger charge is -2.18. The van der Waals surface area contributed by atoms with Crippen LogP contribution >= 0.6 is 0 Å². The first-order valence-corrected chi connectivity index (χ1v) is 7.87. The van der Waals surface area contributed by atoms with Crippen LogP contribution in [-0.4, -0.2) is 28.9 Å². The number of hydrogen-bond acceptors (Lipinski definition) is 4. The van der Waals surface area contributed by atoms with Crippen molar-refractivity contribution in [2.24, 2.45) is 0 Å². The Labute approximate surface area is 146 Å². The first-order valence-electron chi connectivity index (χ1n) is 7.87. The third-order valence-electron chi connectivity index (χ3n) is 3.94. The van der Waals surface area contributed by atoms with E-state index in [-0.39, 0.29) is 0 Å². The van der Waals surface area contributed by atoms with Crippen molar-refractivity contribution in [3.8, 4) is 11.5 Å². The van der Waals surface area contributed by atoms with Crippen molar-refractivity contribution in [2.75, 3.05) is 14.2 Å². The van der Waals surface area contributed by atoms with E-state index in [4.69, 9.17) is 9.47 Å². The highest BCUT2D eigenvalue weighted by Crippen LogP contribution is 2.35. The van der Waals surface area contributed by atoms with E-state index in [0.717, 1.165) is 11.1 Å². The van der Waals surface area contributed by atoms with Gasteiger partial charge < -0.3 is 19.1 Å². The molecule has 0 unspecified atom stereocenters. The van der Waals surface area contributed by atoms with Crippen molar-refractivity contribution in [1.82, 2.24) is 9.55 Å². The number of ether oxygens (including phenoxy) is 2. The minimum Gasteiger partial charge on any atom is -0.493 e. The van der Waals surface area contributed by atoms with Gasteiger partial charge in [-0.2, -0.15) is 0 Å². The highest BCUT2D eigenvalue weighted by Gasteiger charge is 2.18. The molecule has 1 aromatic heterocycles. The van der Waals surface area contributed by atoms with E-state index in [1.807, 2.05) is 53.4 Å². The summed E-state index contributed by atoms with van der Waals surface area (Å²) >= 11 is 0. The molecule has 1 heterocycles. The van der Waals surface area contributed by atoms with E-state index in [2.05, 4.69) is 4.98 Å². The van der Waals surface area contributed by atoms with Crippen LogP contribution in [0, 0.1) is 0 Å². The molecule has 0 bridgehead atoms. The maximum atomic E-state index is 11.0.